The van der Waals surface area contributed by atoms with Gasteiger partial charge >= 0.3 is 11.7 Å². The van der Waals surface area contributed by atoms with Crippen molar-refractivity contribution >= 4 is 17.5 Å². The maximum absolute atomic E-state index is 12.5. The molecule has 0 fully saturated rings. The molecule has 7 heteroatoms. The Morgan fingerprint density at radius 1 is 1.33 bits per heavy atom. The van der Waals surface area contributed by atoms with Gasteiger partial charge in [-0.25, -0.2) is 14.3 Å². The van der Waals surface area contributed by atoms with E-state index in [0.29, 0.717) is 5.82 Å². The minimum atomic E-state index is -0.572. The fourth-order valence-corrected chi connectivity index (χ4v) is 2.43. The first-order valence-electron chi connectivity index (χ1n) is 6.54. The highest BCUT2D eigenvalue weighted by Gasteiger charge is 2.33. The molecule has 2 heterocycles. The van der Waals surface area contributed by atoms with Crippen molar-refractivity contribution in [3.8, 4) is 0 Å². The van der Waals surface area contributed by atoms with Crippen LogP contribution in [0.5, 0.6) is 0 Å². The third-order valence-electron chi connectivity index (χ3n) is 3.33. The van der Waals surface area contributed by atoms with Crippen LogP contribution in [0.1, 0.15) is 18.3 Å². The lowest BCUT2D eigenvalue weighted by Gasteiger charge is -2.16. The number of nitrogens with zero attached hydrogens (tertiary/aromatic N) is 4. The summed E-state index contributed by atoms with van der Waals surface area (Å²) >= 11 is 0. The number of anilines is 1. The van der Waals surface area contributed by atoms with Crippen molar-refractivity contribution in [3.63, 3.8) is 0 Å². The van der Waals surface area contributed by atoms with Crippen molar-refractivity contribution in [2.45, 2.75) is 26.9 Å². The maximum Gasteiger partial charge on any atom is 0.365 e. The molecule has 0 radical (unpaired) electrons. The van der Waals surface area contributed by atoms with E-state index in [2.05, 4.69) is 4.98 Å². The number of ketones is 1. The molecule has 7 nitrogen and oxygen atoms in total. The van der Waals surface area contributed by atoms with Gasteiger partial charge in [-0.3, -0.25) is 9.69 Å². The molecule has 0 saturated carbocycles. The van der Waals surface area contributed by atoms with Crippen molar-refractivity contribution in [1.29, 1.82) is 0 Å². The number of Topliss-reactive ketones (excluding diaryl/α,β-unsaturated/α-hetero) is 1. The molecule has 0 atom stereocenters. The van der Waals surface area contributed by atoms with Gasteiger partial charge in [0.1, 0.15) is 6.54 Å². The van der Waals surface area contributed by atoms with Crippen molar-refractivity contribution < 1.29 is 9.59 Å². The third-order valence-corrected chi connectivity index (χ3v) is 3.33. The van der Waals surface area contributed by atoms with E-state index >= 15 is 0 Å². The molecule has 2 aromatic rings. The largest absolute Gasteiger partial charge is 0.365 e. The zero-order valence-corrected chi connectivity index (χ0v) is 11.7. The predicted octanol–water partition coefficient (Wildman–Crippen LogP) is 0.931. The number of benzene rings is 1. The van der Waals surface area contributed by atoms with Crippen LogP contribution in [0.25, 0.3) is 0 Å². The van der Waals surface area contributed by atoms with Gasteiger partial charge in [-0.15, -0.1) is 0 Å². The van der Waals surface area contributed by atoms with Crippen LogP contribution in [-0.4, -0.2) is 26.2 Å². The van der Waals surface area contributed by atoms with Gasteiger partial charge in [-0.2, -0.15) is 9.67 Å². The Morgan fingerprint density at radius 2 is 2.10 bits per heavy atom. The second kappa shape index (κ2) is 4.69. The summed E-state index contributed by atoms with van der Waals surface area (Å²) in [4.78, 5) is 40.9. The Kier molecular flexibility index (Phi) is 2.97. The molecule has 108 valence electrons. The summed E-state index contributed by atoms with van der Waals surface area (Å²) in [5.41, 5.74) is 1.20. The summed E-state index contributed by atoms with van der Waals surface area (Å²) in [5.74, 6) is 0.148. The second-order valence-corrected chi connectivity index (χ2v) is 5.09. The van der Waals surface area contributed by atoms with Crippen LogP contribution in [0.3, 0.4) is 0 Å². The number of amides is 1. The molecule has 0 spiro atoms. The van der Waals surface area contributed by atoms with Crippen molar-refractivity contribution in [2.75, 3.05) is 4.90 Å². The lowest BCUT2D eigenvalue weighted by Crippen LogP contribution is -2.35. The number of fused-ring (bicyclic) bond motifs is 1. The number of carbonyl (C=O) groups is 2. The van der Waals surface area contributed by atoms with Crippen LogP contribution in [-0.2, 0) is 17.9 Å². The number of hydrogen-bond acceptors (Lipinski definition) is 4. The summed E-state index contributed by atoms with van der Waals surface area (Å²) in [7, 11) is 0. The smallest absolute Gasteiger partial charge is 0.298 e. The first-order valence-corrected chi connectivity index (χ1v) is 6.54. The predicted molar refractivity (Wildman–Crippen MR) is 75.3 cm³/mol. The molecule has 21 heavy (non-hydrogen) atoms. The van der Waals surface area contributed by atoms with Crippen LogP contribution in [0.4, 0.5) is 10.5 Å². The van der Waals surface area contributed by atoms with Gasteiger partial charge in [0.25, 0.3) is 0 Å². The monoisotopic (exact) mass is 286 g/mol. The van der Waals surface area contributed by atoms with E-state index in [-0.39, 0.29) is 24.9 Å². The summed E-state index contributed by atoms with van der Waals surface area (Å²) in [6.45, 7) is 3.38. The maximum atomic E-state index is 12.5. The highest BCUT2D eigenvalue weighted by Crippen LogP contribution is 2.23. The van der Waals surface area contributed by atoms with E-state index in [1.54, 1.807) is 0 Å². The molecule has 0 saturated heterocycles. The fraction of sp³-hybridized carbons (Fsp3) is 0.286. The molecule has 1 aromatic heterocycles. The second-order valence-electron chi connectivity index (χ2n) is 5.09. The fourth-order valence-electron chi connectivity index (χ4n) is 2.43. The van der Waals surface area contributed by atoms with Gasteiger partial charge < -0.3 is 0 Å². The summed E-state index contributed by atoms with van der Waals surface area (Å²) in [6, 6.07) is 7.14. The summed E-state index contributed by atoms with van der Waals surface area (Å²) in [5, 5.41) is 0. The van der Waals surface area contributed by atoms with Crippen LogP contribution in [0.2, 0.25) is 0 Å². The van der Waals surface area contributed by atoms with Crippen molar-refractivity contribution in [2.24, 2.45) is 0 Å². The zero-order chi connectivity index (χ0) is 15.1. The van der Waals surface area contributed by atoms with E-state index in [4.69, 9.17) is 0 Å². The van der Waals surface area contributed by atoms with Crippen LogP contribution >= 0.6 is 0 Å². The molecular weight excluding hydrogens is 272 g/mol. The van der Waals surface area contributed by atoms with Gasteiger partial charge in [-0.1, -0.05) is 12.1 Å². The Morgan fingerprint density at radius 3 is 2.76 bits per heavy atom. The summed E-state index contributed by atoms with van der Waals surface area (Å²) in [6.07, 6.45) is 0. The molecule has 0 unspecified atom stereocenters. The Bertz CT molecular complexity index is 803. The number of hydrogen-bond donors (Lipinski definition) is 0. The lowest BCUT2D eigenvalue weighted by atomic mass is 10.2. The quantitative estimate of drug-likeness (QED) is 0.841. The standard InChI is InChI=1S/C14H14N4O3/c1-9-4-3-5-11(6-9)16-8-12-15-13(20)17(7-10(2)19)18(12)14(16)21/h3-6H,7-8H2,1-2H3. The van der Waals surface area contributed by atoms with E-state index in [0.717, 1.165) is 15.9 Å². The van der Waals surface area contributed by atoms with Gasteiger partial charge in [0.15, 0.2) is 11.6 Å². The molecule has 0 aliphatic carbocycles. The van der Waals surface area contributed by atoms with E-state index < -0.39 is 5.69 Å². The van der Waals surface area contributed by atoms with E-state index in [9.17, 15) is 14.4 Å². The molecule has 1 aliphatic rings. The van der Waals surface area contributed by atoms with E-state index in [1.165, 1.54) is 16.5 Å². The average molecular weight is 286 g/mol. The highest BCUT2D eigenvalue weighted by atomic mass is 16.2. The van der Waals surface area contributed by atoms with Gasteiger partial charge in [0.2, 0.25) is 0 Å². The number of carbonyl (C=O) groups excluding carboxylic acids is 2. The highest BCUT2D eigenvalue weighted by molar-refractivity contribution is 5.95. The lowest BCUT2D eigenvalue weighted by molar-refractivity contribution is -0.117. The Hall–Kier alpha value is -2.70. The normalized spacial score (nSPS) is 13.6. The minimum Gasteiger partial charge on any atom is -0.298 e. The van der Waals surface area contributed by atoms with Gasteiger partial charge in [0, 0.05) is 5.69 Å². The zero-order valence-electron chi connectivity index (χ0n) is 11.7. The molecule has 1 amide bonds. The van der Waals surface area contributed by atoms with E-state index in [1.807, 2.05) is 31.2 Å². The molecule has 0 bridgehead atoms. The topological polar surface area (TPSA) is 77.2 Å². The minimum absolute atomic E-state index is 0.154. The van der Waals surface area contributed by atoms with Gasteiger partial charge in [0.05, 0.1) is 6.54 Å². The van der Waals surface area contributed by atoms with Crippen LogP contribution in [0.15, 0.2) is 29.1 Å². The number of rotatable bonds is 3. The molecule has 3 rings (SSSR count). The third kappa shape index (κ3) is 2.16. The number of aromatic nitrogens is 3. The molecule has 0 N–H and O–H groups in total. The number of aryl methyl sites for hydroxylation is 1. The first-order chi connectivity index (χ1) is 9.97. The molecular formula is C14H14N4O3. The molecule has 1 aromatic carbocycles. The first kappa shape index (κ1) is 13.3. The van der Waals surface area contributed by atoms with Crippen molar-refractivity contribution in [1.82, 2.24) is 14.3 Å². The van der Waals surface area contributed by atoms with Crippen molar-refractivity contribution in [3.05, 3.63) is 46.1 Å². The van der Waals surface area contributed by atoms with Gasteiger partial charge in [-0.05, 0) is 31.5 Å². The SMILES string of the molecule is CC(=O)Cn1c(=O)nc2n1C(=O)N(c1cccc(C)c1)C2. The van der Waals surface area contributed by atoms with Crippen LogP contribution in [0, 0.1) is 6.92 Å². The molecule has 1 aliphatic heterocycles. The average Bonchev–Trinajstić information content (AvgIpc) is 2.87. The summed E-state index contributed by atoms with van der Waals surface area (Å²) < 4.78 is 2.27. The Balaban J connectivity index is 2.02. The van der Waals surface area contributed by atoms with Crippen LogP contribution < -0.4 is 10.6 Å². The Labute approximate surface area is 120 Å².